The molecule has 0 amide bonds. The van der Waals surface area contributed by atoms with Crippen LogP contribution in [0.2, 0.25) is 0 Å². The van der Waals surface area contributed by atoms with Crippen LogP contribution in [-0.2, 0) is 0 Å². The molecule has 0 bridgehead atoms. The van der Waals surface area contributed by atoms with Gasteiger partial charge in [-0.2, -0.15) is 0 Å². The monoisotopic (exact) mass is 325 g/mol. The maximum Gasteiger partial charge on any atom is 0.0374 e. The zero-order valence-electron chi connectivity index (χ0n) is 13.0. The molecule has 3 atom stereocenters. The molecule has 0 aliphatic heterocycles. The number of hydrogen-bond donors (Lipinski definition) is 1. The van der Waals surface area contributed by atoms with Crippen molar-refractivity contribution in [2.45, 2.75) is 64.8 Å². The summed E-state index contributed by atoms with van der Waals surface area (Å²) in [6.45, 7) is 11.2. The molecule has 1 nitrogen and oxygen atoms in total. The summed E-state index contributed by atoms with van der Waals surface area (Å²) in [5, 5.41) is 3.77. The second-order valence-electron chi connectivity index (χ2n) is 5.47. The van der Waals surface area contributed by atoms with Gasteiger partial charge in [0, 0.05) is 16.6 Å². The Balaban J connectivity index is 2.88. The van der Waals surface area contributed by atoms with Crippen LogP contribution in [0.4, 0.5) is 5.69 Å². The van der Waals surface area contributed by atoms with Crippen molar-refractivity contribution in [3.05, 3.63) is 29.3 Å². The molecule has 0 radical (unpaired) electrons. The third-order valence-corrected chi connectivity index (χ3v) is 5.34. The van der Waals surface area contributed by atoms with E-state index in [-0.39, 0.29) is 0 Å². The van der Waals surface area contributed by atoms with Crippen LogP contribution < -0.4 is 5.32 Å². The highest BCUT2D eigenvalue weighted by molar-refractivity contribution is 9.09. The van der Waals surface area contributed by atoms with Crippen molar-refractivity contribution < 1.29 is 0 Å². The van der Waals surface area contributed by atoms with E-state index in [1.807, 2.05) is 0 Å². The summed E-state index contributed by atoms with van der Waals surface area (Å²) in [6, 6.07) is 7.18. The third-order valence-electron chi connectivity index (χ3n) is 4.02. The van der Waals surface area contributed by atoms with Crippen molar-refractivity contribution in [3.63, 3.8) is 0 Å². The Morgan fingerprint density at radius 3 is 2.26 bits per heavy atom. The van der Waals surface area contributed by atoms with Crippen LogP contribution in [-0.4, -0.2) is 10.9 Å². The maximum absolute atomic E-state index is 3.85. The summed E-state index contributed by atoms with van der Waals surface area (Å²) in [5.74, 6) is 0.676. The van der Waals surface area contributed by atoms with Gasteiger partial charge in [0.1, 0.15) is 0 Å². The average Bonchev–Trinajstić information content (AvgIpc) is 2.41. The standard InChI is InChI=1S/C17H28BrN/c1-6-14(15(18)7-2)16(8-3)19-17-11-12(4)9-10-13(17)5/h9-11,14-16,19H,6-8H2,1-5H3. The molecule has 108 valence electrons. The Morgan fingerprint density at radius 1 is 1.05 bits per heavy atom. The van der Waals surface area contributed by atoms with Gasteiger partial charge < -0.3 is 5.32 Å². The maximum atomic E-state index is 3.85. The SMILES string of the molecule is CCC(Br)C(CC)C(CC)Nc1cc(C)ccc1C. The molecular formula is C17H28BrN. The van der Waals surface area contributed by atoms with Crippen LogP contribution in [0, 0.1) is 19.8 Å². The van der Waals surface area contributed by atoms with Gasteiger partial charge in [-0.05, 0) is 49.8 Å². The van der Waals surface area contributed by atoms with Gasteiger partial charge in [0.25, 0.3) is 0 Å². The van der Waals surface area contributed by atoms with Crippen LogP contribution in [0.5, 0.6) is 0 Å². The summed E-state index contributed by atoms with van der Waals surface area (Å²) >= 11 is 3.85. The number of anilines is 1. The molecule has 0 saturated heterocycles. The van der Waals surface area contributed by atoms with Crippen molar-refractivity contribution in [2.75, 3.05) is 5.32 Å². The lowest BCUT2D eigenvalue weighted by molar-refractivity contribution is 0.405. The molecular weight excluding hydrogens is 298 g/mol. The quantitative estimate of drug-likeness (QED) is 0.634. The lowest BCUT2D eigenvalue weighted by atomic mass is 9.90. The molecule has 19 heavy (non-hydrogen) atoms. The number of nitrogens with one attached hydrogen (secondary N) is 1. The number of alkyl halides is 1. The molecule has 0 saturated carbocycles. The first-order chi connectivity index (χ1) is 9.03. The number of benzene rings is 1. The normalized spacial score (nSPS) is 15.9. The topological polar surface area (TPSA) is 12.0 Å². The van der Waals surface area contributed by atoms with Crippen LogP contribution in [0.3, 0.4) is 0 Å². The van der Waals surface area contributed by atoms with Crippen molar-refractivity contribution >= 4 is 21.6 Å². The fourth-order valence-corrected chi connectivity index (χ4v) is 3.44. The molecule has 0 fully saturated rings. The highest BCUT2D eigenvalue weighted by atomic mass is 79.9. The highest BCUT2D eigenvalue weighted by Crippen LogP contribution is 2.28. The molecule has 0 spiro atoms. The summed E-state index contributed by atoms with van der Waals surface area (Å²) in [6.07, 6.45) is 3.55. The van der Waals surface area contributed by atoms with Crippen molar-refractivity contribution in [3.8, 4) is 0 Å². The first kappa shape index (κ1) is 16.6. The van der Waals surface area contributed by atoms with Gasteiger partial charge in [0.05, 0.1) is 0 Å². The van der Waals surface area contributed by atoms with Crippen LogP contribution in [0.25, 0.3) is 0 Å². The molecule has 1 rings (SSSR count). The molecule has 2 heteroatoms. The fraction of sp³-hybridized carbons (Fsp3) is 0.647. The number of hydrogen-bond acceptors (Lipinski definition) is 1. The third kappa shape index (κ3) is 4.52. The van der Waals surface area contributed by atoms with Crippen molar-refractivity contribution in [1.29, 1.82) is 0 Å². The van der Waals surface area contributed by atoms with E-state index in [1.54, 1.807) is 0 Å². The van der Waals surface area contributed by atoms with E-state index in [1.165, 1.54) is 29.7 Å². The Kier molecular flexibility index (Phi) is 6.92. The second-order valence-corrected chi connectivity index (χ2v) is 6.65. The zero-order chi connectivity index (χ0) is 14.4. The summed E-state index contributed by atoms with van der Waals surface area (Å²) in [7, 11) is 0. The molecule has 1 N–H and O–H groups in total. The first-order valence-electron chi connectivity index (χ1n) is 7.51. The molecule has 1 aromatic rings. The minimum atomic E-state index is 0.537. The second kappa shape index (κ2) is 7.94. The van der Waals surface area contributed by atoms with E-state index in [0.717, 1.165) is 6.42 Å². The lowest BCUT2D eigenvalue weighted by Crippen LogP contribution is -2.34. The number of aryl methyl sites for hydroxylation is 2. The minimum Gasteiger partial charge on any atom is -0.382 e. The Bertz CT molecular complexity index is 389. The van der Waals surface area contributed by atoms with E-state index in [2.05, 4.69) is 74.1 Å². The van der Waals surface area contributed by atoms with E-state index in [4.69, 9.17) is 0 Å². The minimum absolute atomic E-state index is 0.537. The smallest absolute Gasteiger partial charge is 0.0374 e. The van der Waals surface area contributed by atoms with E-state index in [0.29, 0.717) is 16.8 Å². The Morgan fingerprint density at radius 2 is 1.74 bits per heavy atom. The van der Waals surface area contributed by atoms with E-state index in [9.17, 15) is 0 Å². The van der Waals surface area contributed by atoms with Crippen LogP contribution >= 0.6 is 15.9 Å². The summed E-state index contributed by atoms with van der Waals surface area (Å²) < 4.78 is 0. The van der Waals surface area contributed by atoms with Crippen molar-refractivity contribution in [1.82, 2.24) is 0 Å². The Labute approximate surface area is 127 Å². The first-order valence-corrected chi connectivity index (χ1v) is 8.42. The van der Waals surface area contributed by atoms with Gasteiger partial charge >= 0.3 is 0 Å². The largest absolute Gasteiger partial charge is 0.382 e. The highest BCUT2D eigenvalue weighted by Gasteiger charge is 2.24. The molecule has 0 aromatic heterocycles. The predicted octanol–water partition coefficient (Wildman–Crippen LogP) is 5.69. The number of rotatable bonds is 7. The average molecular weight is 326 g/mol. The zero-order valence-corrected chi connectivity index (χ0v) is 14.5. The molecule has 0 heterocycles. The van der Waals surface area contributed by atoms with Gasteiger partial charge in [-0.3, -0.25) is 0 Å². The molecule has 0 aliphatic rings. The van der Waals surface area contributed by atoms with E-state index < -0.39 is 0 Å². The van der Waals surface area contributed by atoms with Gasteiger partial charge in [-0.25, -0.2) is 0 Å². The Hall–Kier alpha value is -0.500. The van der Waals surface area contributed by atoms with Gasteiger partial charge in [-0.1, -0.05) is 55.3 Å². The van der Waals surface area contributed by atoms with Crippen LogP contribution in [0.15, 0.2) is 18.2 Å². The van der Waals surface area contributed by atoms with Crippen LogP contribution in [0.1, 0.15) is 51.2 Å². The number of halogens is 1. The molecule has 0 aliphatic carbocycles. The summed E-state index contributed by atoms with van der Waals surface area (Å²) in [4.78, 5) is 0.597. The fourth-order valence-electron chi connectivity index (χ4n) is 2.70. The summed E-state index contributed by atoms with van der Waals surface area (Å²) in [5.41, 5.74) is 3.95. The van der Waals surface area contributed by atoms with Gasteiger partial charge in [0.2, 0.25) is 0 Å². The molecule has 1 aromatic carbocycles. The van der Waals surface area contributed by atoms with Crippen molar-refractivity contribution in [2.24, 2.45) is 5.92 Å². The van der Waals surface area contributed by atoms with E-state index >= 15 is 0 Å². The van der Waals surface area contributed by atoms with Gasteiger partial charge in [0.15, 0.2) is 0 Å². The predicted molar refractivity (Wildman–Crippen MR) is 90.4 cm³/mol. The molecule has 3 unspecified atom stereocenters. The lowest BCUT2D eigenvalue weighted by Gasteiger charge is -2.31. The van der Waals surface area contributed by atoms with Gasteiger partial charge in [-0.15, -0.1) is 0 Å².